The largest absolute Gasteiger partial charge is 0.496 e. The summed E-state index contributed by atoms with van der Waals surface area (Å²) in [5.41, 5.74) is 6.09. The van der Waals surface area contributed by atoms with Crippen LogP contribution in [-0.4, -0.2) is 24.6 Å². The summed E-state index contributed by atoms with van der Waals surface area (Å²) in [4.78, 5) is 16.7. The smallest absolute Gasteiger partial charge is 0.244 e. The number of aromatic nitrogens is 1. The number of nitrogens with zero attached hydrogens (tertiary/aromatic N) is 1. The van der Waals surface area contributed by atoms with Crippen molar-refractivity contribution in [3.63, 3.8) is 0 Å². The number of allylic oxidation sites excluding steroid dienone is 1. The minimum absolute atomic E-state index is 0.182. The molecule has 0 spiro atoms. The number of pyridine rings is 1. The molecule has 0 atom stereocenters. The van der Waals surface area contributed by atoms with Crippen LogP contribution in [0.4, 0.5) is 0 Å². The average Bonchev–Trinajstić information content (AvgIpc) is 3.29. The topological polar surface area (TPSA) is 73.6 Å². The van der Waals surface area contributed by atoms with Gasteiger partial charge in [0.05, 0.1) is 20.0 Å². The number of nitrogens with one attached hydrogen (secondary N) is 1. The first-order valence-corrected chi connectivity index (χ1v) is 11.2. The summed E-state index contributed by atoms with van der Waals surface area (Å²) in [6, 6.07) is 13.6. The second-order valence-electron chi connectivity index (χ2n) is 7.94. The summed E-state index contributed by atoms with van der Waals surface area (Å²) >= 11 is 0. The van der Waals surface area contributed by atoms with Gasteiger partial charge in [0.2, 0.25) is 5.91 Å². The van der Waals surface area contributed by atoms with Gasteiger partial charge in [-0.25, -0.2) is 0 Å². The maximum atomic E-state index is 12.7. The molecule has 2 aromatic carbocycles. The summed E-state index contributed by atoms with van der Waals surface area (Å²) < 4.78 is 17.6. The molecule has 34 heavy (non-hydrogen) atoms. The number of rotatable bonds is 8. The first-order valence-electron chi connectivity index (χ1n) is 11.2. The minimum Gasteiger partial charge on any atom is -0.496 e. The standard InChI is InChI=1S/C28H28N2O4/c1-5-33-27-19(3)28-23(24(17-34-28)21-10-6-7-11-25(21)32-4)14-22(27)18(2)13-26(31)30-16-20-9-8-12-29-15-20/h6-15,17H,5,16H2,1-4H3,(H,30,31)/b18-13+. The zero-order chi connectivity index (χ0) is 24.1. The van der Waals surface area contributed by atoms with Gasteiger partial charge in [0.25, 0.3) is 0 Å². The zero-order valence-corrected chi connectivity index (χ0v) is 19.8. The summed E-state index contributed by atoms with van der Waals surface area (Å²) in [5, 5.41) is 3.85. The van der Waals surface area contributed by atoms with Crippen molar-refractivity contribution in [2.45, 2.75) is 27.3 Å². The van der Waals surface area contributed by atoms with Gasteiger partial charge in [-0.05, 0) is 50.1 Å². The molecule has 6 heteroatoms. The molecule has 0 bridgehead atoms. The lowest BCUT2D eigenvalue weighted by Gasteiger charge is -2.15. The number of hydrogen-bond donors (Lipinski definition) is 1. The molecule has 6 nitrogen and oxygen atoms in total. The Morgan fingerprint density at radius 2 is 2.00 bits per heavy atom. The van der Waals surface area contributed by atoms with Gasteiger partial charge in [0.1, 0.15) is 17.1 Å². The molecular formula is C28H28N2O4. The SMILES string of the molecule is CCOc1c(/C(C)=C/C(=O)NCc2cccnc2)cc2c(-c3ccccc3OC)coc2c1C. The van der Waals surface area contributed by atoms with Crippen LogP contribution in [0.2, 0.25) is 0 Å². The van der Waals surface area contributed by atoms with Gasteiger partial charge in [0.15, 0.2) is 0 Å². The van der Waals surface area contributed by atoms with Gasteiger partial charge in [-0.2, -0.15) is 0 Å². The van der Waals surface area contributed by atoms with E-state index in [9.17, 15) is 4.79 Å². The number of benzene rings is 2. The number of methoxy groups -OCH3 is 1. The molecule has 0 fully saturated rings. The van der Waals surface area contributed by atoms with Crippen LogP contribution in [0, 0.1) is 6.92 Å². The molecule has 0 aliphatic rings. The fourth-order valence-corrected chi connectivity index (χ4v) is 4.03. The van der Waals surface area contributed by atoms with Crippen LogP contribution >= 0.6 is 0 Å². The molecule has 2 aromatic heterocycles. The highest BCUT2D eigenvalue weighted by Gasteiger charge is 2.20. The molecule has 0 saturated carbocycles. The predicted octanol–water partition coefficient (Wildman–Crippen LogP) is 5.93. The van der Waals surface area contributed by atoms with Crippen molar-refractivity contribution < 1.29 is 18.7 Å². The Labute approximate surface area is 199 Å². The van der Waals surface area contributed by atoms with Crippen molar-refractivity contribution in [3.8, 4) is 22.6 Å². The molecule has 0 unspecified atom stereocenters. The second-order valence-corrected chi connectivity index (χ2v) is 7.94. The van der Waals surface area contributed by atoms with Gasteiger partial charge < -0.3 is 19.2 Å². The lowest BCUT2D eigenvalue weighted by molar-refractivity contribution is -0.116. The third-order valence-corrected chi connectivity index (χ3v) is 5.69. The number of furan rings is 1. The summed E-state index contributed by atoms with van der Waals surface area (Å²) in [6.07, 6.45) is 6.79. The van der Waals surface area contributed by atoms with E-state index in [1.54, 1.807) is 31.8 Å². The molecule has 0 radical (unpaired) electrons. The zero-order valence-electron chi connectivity index (χ0n) is 19.8. The first kappa shape index (κ1) is 23.1. The van der Waals surface area contributed by atoms with Crippen LogP contribution in [0.3, 0.4) is 0 Å². The molecule has 4 rings (SSSR count). The monoisotopic (exact) mass is 456 g/mol. The van der Waals surface area contributed by atoms with E-state index in [2.05, 4.69) is 10.3 Å². The Morgan fingerprint density at radius 3 is 2.74 bits per heavy atom. The Bertz CT molecular complexity index is 1340. The van der Waals surface area contributed by atoms with Crippen molar-refractivity contribution in [3.05, 3.63) is 83.9 Å². The van der Waals surface area contributed by atoms with Crippen molar-refractivity contribution in [2.24, 2.45) is 0 Å². The Hall–Kier alpha value is -4.06. The Balaban J connectivity index is 1.75. The Morgan fingerprint density at radius 1 is 1.18 bits per heavy atom. The van der Waals surface area contributed by atoms with E-state index in [0.717, 1.165) is 50.1 Å². The third-order valence-electron chi connectivity index (χ3n) is 5.69. The van der Waals surface area contributed by atoms with Gasteiger partial charge >= 0.3 is 0 Å². The fraction of sp³-hybridized carbons (Fsp3) is 0.214. The van der Waals surface area contributed by atoms with Crippen molar-refractivity contribution >= 4 is 22.4 Å². The number of carbonyl (C=O) groups excluding carboxylic acids is 1. The van der Waals surface area contributed by atoms with E-state index in [-0.39, 0.29) is 5.91 Å². The highest BCUT2D eigenvalue weighted by molar-refractivity contribution is 6.02. The van der Waals surface area contributed by atoms with Crippen molar-refractivity contribution in [1.29, 1.82) is 0 Å². The summed E-state index contributed by atoms with van der Waals surface area (Å²) in [5.74, 6) is 1.30. The highest BCUT2D eigenvalue weighted by Crippen LogP contribution is 2.42. The first-order chi connectivity index (χ1) is 16.5. The molecule has 4 aromatic rings. The molecule has 0 aliphatic carbocycles. The van der Waals surface area contributed by atoms with Crippen molar-refractivity contribution in [1.82, 2.24) is 10.3 Å². The average molecular weight is 457 g/mol. The van der Waals surface area contributed by atoms with Gasteiger partial charge in [0, 0.05) is 52.7 Å². The van der Waals surface area contributed by atoms with Crippen molar-refractivity contribution in [2.75, 3.05) is 13.7 Å². The van der Waals surface area contributed by atoms with E-state index < -0.39 is 0 Å². The highest BCUT2D eigenvalue weighted by atomic mass is 16.5. The van der Waals surface area contributed by atoms with E-state index in [4.69, 9.17) is 13.9 Å². The maximum Gasteiger partial charge on any atom is 0.244 e. The number of hydrogen-bond acceptors (Lipinski definition) is 5. The van der Waals surface area contributed by atoms with Crippen LogP contribution in [0.1, 0.15) is 30.5 Å². The number of amides is 1. The number of fused-ring (bicyclic) bond motifs is 1. The van der Waals surface area contributed by atoms with Gasteiger partial charge in [-0.1, -0.05) is 24.3 Å². The van der Waals surface area contributed by atoms with Crippen LogP contribution < -0.4 is 14.8 Å². The third kappa shape index (κ3) is 4.66. The van der Waals surface area contributed by atoms with E-state index in [1.807, 2.05) is 63.2 Å². The number of para-hydroxylation sites is 1. The molecule has 0 saturated heterocycles. The molecule has 1 N–H and O–H groups in total. The predicted molar refractivity (Wildman–Crippen MR) is 134 cm³/mol. The van der Waals surface area contributed by atoms with Crippen LogP contribution in [-0.2, 0) is 11.3 Å². The molecular weight excluding hydrogens is 428 g/mol. The molecule has 1 amide bonds. The van der Waals surface area contributed by atoms with Crippen LogP contribution in [0.5, 0.6) is 11.5 Å². The molecule has 2 heterocycles. The van der Waals surface area contributed by atoms with Gasteiger partial charge in [-0.15, -0.1) is 0 Å². The maximum absolute atomic E-state index is 12.7. The number of carbonyl (C=O) groups is 1. The second kappa shape index (κ2) is 10.3. The van der Waals surface area contributed by atoms with E-state index in [0.29, 0.717) is 18.9 Å². The number of aryl methyl sites for hydroxylation is 1. The molecule has 174 valence electrons. The fourth-order valence-electron chi connectivity index (χ4n) is 4.03. The summed E-state index contributed by atoms with van der Waals surface area (Å²) in [7, 11) is 1.65. The quantitative estimate of drug-likeness (QED) is 0.333. The lowest BCUT2D eigenvalue weighted by atomic mass is 9.96. The van der Waals surface area contributed by atoms with Crippen LogP contribution in [0.15, 0.2) is 71.6 Å². The normalized spacial score (nSPS) is 11.5. The number of ether oxygens (including phenoxy) is 2. The minimum atomic E-state index is -0.182. The lowest BCUT2D eigenvalue weighted by Crippen LogP contribution is -2.20. The van der Waals surface area contributed by atoms with Gasteiger partial charge in [-0.3, -0.25) is 9.78 Å². The van der Waals surface area contributed by atoms with Crippen LogP contribution in [0.25, 0.3) is 27.7 Å². The van der Waals surface area contributed by atoms with E-state index >= 15 is 0 Å². The van der Waals surface area contributed by atoms with E-state index in [1.165, 1.54) is 0 Å². The molecule has 0 aliphatic heterocycles. The Kier molecular flexibility index (Phi) is 6.97. The summed E-state index contributed by atoms with van der Waals surface area (Å²) in [6.45, 7) is 6.74.